The Morgan fingerprint density at radius 2 is 0.909 bits per heavy atom. The summed E-state index contributed by atoms with van der Waals surface area (Å²) in [5, 5.41) is 0. The Kier molecular flexibility index (Phi) is 7.28. The summed E-state index contributed by atoms with van der Waals surface area (Å²) in [6.45, 7) is 0. The molecule has 0 bridgehead atoms. The van der Waals surface area contributed by atoms with E-state index >= 15 is 0 Å². The molecule has 7 aromatic carbocycles. The molecule has 0 aliphatic heterocycles. The lowest BCUT2D eigenvalue weighted by atomic mass is 9.69. The molecule has 3 aliphatic rings. The van der Waals surface area contributed by atoms with Gasteiger partial charge in [0, 0.05) is 17.0 Å². The molecule has 1 spiro atoms. The number of pyridine rings is 1. The summed E-state index contributed by atoms with van der Waals surface area (Å²) >= 11 is 0. The van der Waals surface area contributed by atoms with Crippen molar-refractivity contribution in [2.75, 3.05) is 0 Å². The van der Waals surface area contributed by atoms with Crippen LogP contribution in [0.25, 0.3) is 67.0 Å². The highest BCUT2D eigenvalue weighted by Crippen LogP contribution is 2.65. The summed E-state index contributed by atoms with van der Waals surface area (Å²) in [6.07, 6.45) is 8.06. The van der Waals surface area contributed by atoms with Gasteiger partial charge in [-0.3, -0.25) is 0 Å². The second-order valence-electron chi connectivity index (χ2n) is 15.0. The number of benzene rings is 7. The van der Waals surface area contributed by atoms with Gasteiger partial charge >= 0.3 is 0 Å². The molecule has 1 heteroatoms. The second-order valence-corrected chi connectivity index (χ2v) is 15.0. The average molecular weight is 700 g/mol. The Morgan fingerprint density at radius 1 is 0.400 bits per heavy atom. The Hall–Kier alpha value is -6.83. The molecule has 0 radical (unpaired) electrons. The summed E-state index contributed by atoms with van der Waals surface area (Å²) in [7, 11) is 0. The normalized spacial score (nSPS) is 17.3. The third-order valence-electron chi connectivity index (χ3n) is 12.1. The number of nitrogens with zero attached hydrogens (tertiary/aromatic N) is 1. The van der Waals surface area contributed by atoms with Crippen LogP contribution in [0.15, 0.2) is 212 Å². The van der Waals surface area contributed by atoms with E-state index in [1.807, 2.05) is 6.07 Å². The number of fused-ring (bicyclic) bond motifs is 10. The molecule has 0 saturated carbocycles. The molecule has 1 nitrogen and oxygen atoms in total. The zero-order valence-corrected chi connectivity index (χ0v) is 30.4. The fourth-order valence-corrected chi connectivity index (χ4v) is 9.59. The quantitative estimate of drug-likeness (QED) is 0.174. The minimum atomic E-state index is -0.242. The van der Waals surface area contributed by atoms with Crippen LogP contribution in [0.1, 0.15) is 34.6 Å². The Morgan fingerprint density at radius 3 is 1.62 bits per heavy atom. The van der Waals surface area contributed by atoms with E-state index in [4.69, 9.17) is 4.98 Å². The van der Waals surface area contributed by atoms with E-state index in [0.717, 1.165) is 34.5 Å². The van der Waals surface area contributed by atoms with Gasteiger partial charge in [0.25, 0.3) is 0 Å². The molecule has 1 aromatic heterocycles. The highest BCUT2D eigenvalue weighted by atomic mass is 14.7. The first-order valence-electron chi connectivity index (χ1n) is 19.3. The van der Waals surface area contributed by atoms with Gasteiger partial charge in [-0.25, -0.2) is 4.98 Å². The Bertz CT molecular complexity index is 2750. The molecule has 0 amide bonds. The second kappa shape index (κ2) is 12.6. The Labute approximate surface area is 322 Å². The van der Waals surface area contributed by atoms with Crippen molar-refractivity contribution in [3.63, 3.8) is 0 Å². The highest BCUT2D eigenvalue weighted by molar-refractivity contribution is 5.91. The number of hydrogen-bond acceptors (Lipinski definition) is 1. The summed E-state index contributed by atoms with van der Waals surface area (Å²) in [5.41, 5.74) is 21.1. The van der Waals surface area contributed by atoms with Crippen LogP contribution in [-0.2, 0) is 5.41 Å². The summed E-state index contributed by atoms with van der Waals surface area (Å²) < 4.78 is 0. The van der Waals surface area contributed by atoms with Gasteiger partial charge in [-0.1, -0.05) is 188 Å². The monoisotopic (exact) mass is 699 g/mol. The lowest BCUT2D eigenvalue weighted by molar-refractivity contribution is 0.708. The molecule has 0 fully saturated rings. The number of hydrogen-bond donors (Lipinski definition) is 0. The predicted molar refractivity (Wildman–Crippen MR) is 228 cm³/mol. The SMILES string of the molecule is C1=CCC2C(=C1)C1(c3ccccc3-c3cc(-c4ccc(-c5ccc(-c6cc(-c7ccccc7)cc(-c7ccccc7)n6)cc5)cc4)ccc31)c1ccccc12. The molecule has 258 valence electrons. The highest BCUT2D eigenvalue weighted by Gasteiger charge is 2.54. The van der Waals surface area contributed by atoms with Gasteiger partial charge in [0.05, 0.1) is 16.8 Å². The number of rotatable bonds is 5. The zero-order chi connectivity index (χ0) is 36.3. The average Bonchev–Trinajstić information content (AvgIpc) is 3.74. The summed E-state index contributed by atoms with van der Waals surface area (Å²) in [4.78, 5) is 5.13. The first kappa shape index (κ1) is 31.7. The lowest BCUT2D eigenvalue weighted by Crippen LogP contribution is -2.27. The van der Waals surface area contributed by atoms with E-state index in [-0.39, 0.29) is 5.41 Å². The molecular weight excluding hydrogens is 663 g/mol. The molecule has 0 N–H and O–H groups in total. The van der Waals surface area contributed by atoms with Crippen molar-refractivity contribution in [3.05, 3.63) is 234 Å². The third kappa shape index (κ3) is 4.97. The first-order chi connectivity index (χ1) is 27.3. The molecule has 1 heterocycles. The van der Waals surface area contributed by atoms with Crippen molar-refractivity contribution in [2.45, 2.75) is 17.8 Å². The van der Waals surface area contributed by atoms with Crippen LogP contribution >= 0.6 is 0 Å². The van der Waals surface area contributed by atoms with Gasteiger partial charge in [0.1, 0.15) is 0 Å². The van der Waals surface area contributed by atoms with Crippen LogP contribution in [0, 0.1) is 0 Å². The minimum Gasteiger partial charge on any atom is -0.248 e. The van der Waals surface area contributed by atoms with Crippen molar-refractivity contribution in [1.82, 2.24) is 4.98 Å². The largest absolute Gasteiger partial charge is 0.248 e. The van der Waals surface area contributed by atoms with Gasteiger partial charge < -0.3 is 0 Å². The van der Waals surface area contributed by atoms with E-state index in [0.29, 0.717) is 5.92 Å². The smallest absolute Gasteiger partial charge is 0.0715 e. The Balaban J connectivity index is 0.928. The van der Waals surface area contributed by atoms with Gasteiger partial charge in [-0.2, -0.15) is 0 Å². The fraction of sp³-hybridized carbons (Fsp3) is 0.0556. The van der Waals surface area contributed by atoms with E-state index in [1.54, 1.807) is 0 Å². The predicted octanol–water partition coefficient (Wildman–Crippen LogP) is 13.7. The molecule has 3 aliphatic carbocycles. The van der Waals surface area contributed by atoms with Gasteiger partial charge in [0.2, 0.25) is 0 Å². The molecular formula is C54H37N. The van der Waals surface area contributed by atoms with Gasteiger partial charge in [-0.05, 0) is 97.0 Å². The number of allylic oxidation sites excluding steroid dienone is 4. The van der Waals surface area contributed by atoms with Crippen LogP contribution in [-0.4, -0.2) is 4.98 Å². The van der Waals surface area contributed by atoms with Gasteiger partial charge in [-0.15, -0.1) is 0 Å². The van der Waals surface area contributed by atoms with Crippen LogP contribution in [0.3, 0.4) is 0 Å². The standard InChI is InChI=1S/C54H37N/c1-3-13-36(14-4-1)43-34-52(40-15-5-2-6-16-40)55-53(35-43)41-29-27-38(28-30-41)37-23-25-39(26-24-37)42-31-32-51-47(33-42)46-19-9-12-22-50(46)54(51)48-20-10-7-17-44(48)45-18-8-11-21-49(45)54/h1-17,19-35,45H,18H2. The molecule has 8 aromatic rings. The molecule has 2 atom stereocenters. The van der Waals surface area contributed by atoms with E-state index < -0.39 is 0 Å². The van der Waals surface area contributed by atoms with Crippen molar-refractivity contribution >= 4 is 0 Å². The molecule has 2 unspecified atom stereocenters. The van der Waals surface area contributed by atoms with Crippen molar-refractivity contribution in [2.24, 2.45) is 0 Å². The topological polar surface area (TPSA) is 12.9 Å². The van der Waals surface area contributed by atoms with Crippen molar-refractivity contribution in [3.8, 4) is 67.0 Å². The molecule has 55 heavy (non-hydrogen) atoms. The first-order valence-corrected chi connectivity index (χ1v) is 19.3. The minimum absolute atomic E-state index is 0.242. The zero-order valence-electron chi connectivity index (χ0n) is 30.4. The molecule has 11 rings (SSSR count). The lowest BCUT2D eigenvalue weighted by Gasteiger charge is -2.32. The van der Waals surface area contributed by atoms with Gasteiger partial charge in [0.15, 0.2) is 0 Å². The van der Waals surface area contributed by atoms with Crippen molar-refractivity contribution in [1.29, 1.82) is 0 Å². The maximum absolute atomic E-state index is 5.13. The third-order valence-corrected chi connectivity index (χ3v) is 12.1. The summed E-state index contributed by atoms with van der Waals surface area (Å²) in [5.74, 6) is 0.420. The maximum Gasteiger partial charge on any atom is 0.0715 e. The van der Waals surface area contributed by atoms with Crippen LogP contribution in [0.5, 0.6) is 0 Å². The van der Waals surface area contributed by atoms with E-state index in [9.17, 15) is 0 Å². The van der Waals surface area contributed by atoms with E-state index in [2.05, 4.69) is 200 Å². The molecule has 0 saturated heterocycles. The van der Waals surface area contributed by atoms with Crippen LogP contribution in [0.4, 0.5) is 0 Å². The number of aromatic nitrogens is 1. The van der Waals surface area contributed by atoms with Crippen LogP contribution in [0.2, 0.25) is 0 Å². The summed E-state index contributed by atoms with van der Waals surface area (Å²) in [6, 6.07) is 68.7. The fourth-order valence-electron chi connectivity index (χ4n) is 9.59. The van der Waals surface area contributed by atoms with Crippen LogP contribution < -0.4 is 0 Å². The van der Waals surface area contributed by atoms with Crippen molar-refractivity contribution < 1.29 is 0 Å². The maximum atomic E-state index is 5.13. The van der Waals surface area contributed by atoms with E-state index in [1.165, 1.54) is 66.8 Å².